The van der Waals surface area contributed by atoms with Gasteiger partial charge in [-0.15, -0.1) is 6.58 Å². The average molecular weight is 669 g/mol. The zero-order chi connectivity index (χ0) is 33.3. The van der Waals surface area contributed by atoms with E-state index in [1.807, 2.05) is 18.2 Å². The number of hydrogen-bond donors (Lipinski definition) is 3. The molecule has 6 rings (SSSR count). The number of hydrogen-bond acceptors (Lipinski definition) is 8. The number of alkyl carbamates (subject to hydrolysis) is 1. The Balaban J connectivity index is 1.36. The Bertz CT molecular complexity index is 1590. The Morgan fingerprint density at radius 3 is 2.72 bits per heavy atom. The van der Waals surface area contributed by atoms with E-state index in [0.717, 1.165) is 67.0 Å². The smallest absolute Gasteiger partial charge is 0.407 e. The number of rotatable bonds is 6. The maximum absolute atomic E-state index is 14.4. The summed E-state index contributed by atoms with van der Waals surface area (Å²) in [6.45, 7) is 5.29. The molecule has 2 aromatic rings. The number of methoxy groups -OCH3 is 1. The first-order valence-electron chi connectivity index (χ1n) is 16.7. The largest absolute Gasteiger partial charge is 0.496 e. The van der Waals surface area contributed by atoms with Crippen LogP contribution in [0.2, 0.25) is 0 Å². The zero-order valence-corrected chi connectivity index (χ0v) is 28.0. The lowest BCUT2D eigenvalue weighted by molar-refractivity contribution is -0.141. The fourth-order valence-electron chi connectivity index (χ4n) is 7.58. The van der Waals surface area contributed by atoms with Crippen molar-refractivity contribution in [2.75, 3.05) is 26.9 Å². The van der Waals surface area contributed by atoms with Gasteiger partial charge in [-0.1, -0.05) is 18.9 Å². The Labute approximate surface area is 275 Å². The van der Waals surface area contributed by atoms with E-state index < -0.39 is 48.7 Å². The Kier molecular flexibility index (Phi) is 9.54. The topological polar surface area (TPSA) is 156 Å². The second-order valence-electron chi connectivity index (χ2n) is 13.4. The van der Waals surface area contributed by atoms with Crippen LogP contribution in [0.25, 0.3) is 10.8 Å². The molecule has 254 valence electrons. The van der Waals surface area contributed by atoms with E-state index in [-0.39, 0.29) is 37.8 Å². The third-order valence-electron chi connectivity index (χ3n) is 10.3. The summed E-state index contributed by atoms with van der Waals surface area (Å²) in [6, 6.07) is 3.98. The first kappa shape index (κ1) is 33.3. The first-order valence-corrected chi connectivity index (χ1v) is 18.8. The summed E-state index contributed by atoms with van der Waals surface area (Å²) in [7, 11) is -2.13. The number of aryl methyl sites for hydroxylation is 1. The number of ether oxygens (including phenoxy) is 3. The second-order valence-corrected chi connectivity index (χ2v) is 16.0. The molecule has 2 aliphatic carbocycles. The molecule has 12 nitrogen and oxygen atoms in total. The van der Waals surface area contributed by atoms with Crippen molar-refractivity contribution in [3.05, 3.63) is 42.6 Å². The van der Waals surface area contributed by atoms with Gasteiger partial charge in [-0.05, 0) is 80.0 Å². The quantitative estimate of drug-likeness (QED) is 0.298. The molecule has 3 N–H and O–H groups in total. The van der Waals surface area contributed by atoms with Crippen molar-refractivity contribution in [1.82, 2.24) is 20.5 Å². The average Bonchev–Trinajstić information content (AvgIpc) is 3.34. The molecule has 2 aliphatic heterocycles. The molecule has 3 heterocycles. The number of amides is 3. The number of nitrogens with zero attached hydrogens (tertiary/aromatic N) is 2. The summed E-state index contributed by atoms with van der Waals surface area (Å²) in [5, 5.41) is 6.04. The Hall–Kier alpha value is -3.63. The number of nitrogens with one attached hydrogen (secondary N) is 2. The number of aromatic nitrogens is 1. The Morgan fingerprint density at radius 1 is 1.23 bits per heavy atom. The number of fused-ring (bicyclic) bond motifs is 3. The van der Waals surface area contributed by atoms with Crippen molar-refractivity contribution in [2.45, 2.75) is 87.7 Å². The lowest BCUT2D eigenvalue weighted by Crippen LogP contribution is -2.57. The molecule has 0 radical (unpaired) electrons. The minimum absolute atomic E-state index is 0.0682. The lowest BCUT2D eigenvalue weighted by Gasteiger charge is -2.32. The fraction of sp³-hybridized carbons (Fsp3) is 0.588. The van der Waals surface area contributed by atoms with E-state index in [9.17, 15) is 23.8 Å². The van der Waals surface area contributed by atoms with Crippen LogP contribution in [-0.4, -0.2) is 83.1 Å². The van der Waals surface area contributed by atoms with Crippen LogP contribution < -0.4 is 20.1 Å². The Morgan fingerprint density at radius 2 is 2.02 bits per heavy atom. The maximum atomic E-state index is 14.4. The van der Waals surface area contributed by atoms with Crippen LogP contribution >= 0.6 is 7.37 Å². The van der Waals surface area contributed by atoms with Crippen molar-refractivity contribution >= 4 is 36.0 Å². The van der Waals surface area contributed by atoms with E-state index in [1.54, 1.807) is 19.4 Å². The molecule has 3 fully saturated rings. The predicted molar refractivity (Wildman–Crippen MR) is 176 cm³/mol. The van der Waals surface area contributed by atoms with Gasteiger partial charge in [0.2, 0.25) is 25.1 Å². The lowest BCUT2D eigenvalue weighted by atomic mass is 9.96. The van der Waals surface area contributed by atoms with Gasteiger partial charge in [0.15, 0.2) is 0 Å². The molecule has 4 aliphatic rings. The summed E-state index contributed by atoms with van der Waals surface area (Å²) >= 11 is 0. The summed E-state index contributed by atoms with van der Waals surface area (Å²) in [5.74, 6) is -0.254. The normalized spacial score (nSPS) is 30.0. The predicted octanol–water partition coefficient (Wildman–Crippen LogP) is 4.52. The van der Waals surface area contributed by atoms with E-state index >= 15 is 0 Å². The highest BCUT2D eigenvalue weighted by Gasteiger charge is 2.64. The third-order valence-corrected chi connectivity index (χ3v) is 12.4. The molecule has 3 unspecified atom stereocenters. The van der Waals surface area contributed by atoms with Gasteiger partial charge in [0, 0.05) is 30.6 Å². The molecule has 4 bridgehead atoms. The molecule has 1 saturated heterocycles. The van der Waals surface area contributed by atoms with Crippen LogP contribution in [0, 0.1) is 11.8 Å². The van der Waals surface area contributed by atoms with Gasteiger partial charge in [-0.25, -0.2) is 9.78 Å². The number of pyridine rings is 1. The number of carbonyl (C=O) groups excluding carboxylic acids is 3. The molecular weight excluding hydrogens is 623 g/mol. The molecule has 1 aromatic heterocycles. The highest BCUT2D eigenvalue weighted by molar-refractivity contribution is 7.59. The number of cyclic esters (lactones) is 1. The van der Waals surface area contributed by atoms with Crippen LogP contribution in [0.3, 0.4) is 0 Å². The van der Waals surface area contributed by atoms with Crippen LogP contribution in [0.1, 0.15) is 63.4 Å². The van der Waals surface area contributed by atoms with Crippen LogP contribution in [0.15, 0.2) is 37.1 Å². The van der Waals surface area contributed by atoms with Crippen LogP contribution in [-0.2, 0) is 25.3 Å². The van der Waals surface area contributed by atoms with Gasteiger partial charge in [-0.2, -0.15) is 0 Å². The van der Waals surface area contributed by atoms with E-state index in [4.69, 9.17) is 14.2 Å². The van der Waals surface area contributed by atoms with Crippen molar-refractivity contribution in [3.63, 3.8) is 0 Å². The number of carbonyl (C=O) groups is 3. The second kappa shape index (κ2) is 13.5. The molecule has 0 spiro atoms. The number of benzene rings is 1. The molecule has 2 saturated carbocycles. The molecule has 47 heavy (non-hydrogen) atoms. The molecule has 1 aromatic carbocycles. The molecule has 13 heteroatoms. The summed E-state index contributed by atoms with van der Waals surface area (Å²) in [4.78, 5) is 58.1. The monoisotopic (exact) mass is 668 g/mol. The summed E-state index contributed by atoms with van der Waals surface area (Å²) in [5.41, 5.74) is 0.997. The van der Waals surface area contributed by atoms with Gasteiger partial charge >= 0.3 is 6.09 Å². The molecule has 3 amide bonds. The minimum atomic E-state index is -3.77. The highest BCUT2D eigenvalue weighted by Crippen LogP contribution is 2.67. The van der Waals surface area contributed by atoms with Crippen LogP contribution in [0.5, 0.6) is 11.6 Å². The third kappa shape index (κ3) is 6.72. The van der Waals surface area contributed by atoms with E-state index in [0.29, 0.717) is 12.3 Å². The van der Waals surface area contributed by atoms with E-state index in [1.165, 1.54) is 11.6 Å². The standard InChI is InChI=1S/C34H45N4O8P/c1-4-24-19-34(24,47(3,42)43)37-30(39)27-18-25-20-38(27)32(40)29(21-10-7-8-11-21)36-33(41)45-15-9-5-6-12-23-16-26-22(17-28(23)44-2)13-14-35-31(26)46-25/h4,13-14,16-17,21,24-25,27,29H,1,5-12,15,18-20H2,2-3H3,(H,36,41)(H,37,39)(H,42,43)/t24?,25-,27+,29+,34?/m1/s1. The van der Waals surface area contributed by atoms with E-state index in [2.05, 4.69) is 22.2 Å². The van der Waals surface area contributed by atoms with Gasteiger partial charge in [0.1, 0.15) is 29.2 Å². The summed E-state index contributed by atoms with van der Waals surface area (Å²) in [6.07, 6.45) is 8.89. The van der Waals surface area contributed by atoms with Gasteiger partial charge in [0.25, 0.3) is 0 Å². The molecular formula is C34H45N4O8P. The summed E-state index contributed by atoms with van der Waals surface area (Å²) < 4.78 is 30.7. The van der Waals surface area contributed by atoms with Crippen LogP contribution in [0.4, 0.5) is 4.79 Å². The van der Waals surface area contributed by atoms with Gasteiger partial charge < -0.3 is 34.6 Å². The SMILES string of the molecule is C=CC1CC1(NC(=O)[C@@H]1C[C@@H]2CN1C(=O)[C@H](C1CCCC1)NC(=O)OCCCCCc1cc3c(nccc3cc1OC)O2)P(C)(=O)O. The van der Waals surface area contributed by atoms with Gasteiger partial charge in [-0.3, -0.25) is 14.2 Å². The van der Waals surface area contributed by atoms with Crippen molar-refractivity contribution in [3.8, 4) is 11.6 Å². The first-order chi connectivity index (χ1) is 22.5. The van der Waals surface area contributed by atoms with Gasteiger partial charge in [0.05, 0.1) is 20.3 Å². The highest BCUT2D eigenvalue weighted by atomic mass is 31.2. The van der Waals surface area contributed by atoms with Crippen molar-refractivity contribution in [2.24, 2.45) is 11.8 Å². The maximum Gasteiger partial charge on any atom is 0.407 e. The fourth-order valence-corrected chi connectivity index (χ4v) is 9.16. The van der Waals surface area contributed by atoms with Crippen molar-refractivity contribution in [1.29, 1.82) is 0 Å². The zero-order valence-electron chi connectivity index (χ0n) is 27.1. The molecule has 6 atom stereocenters. The van der Waals surface area contributed by atoms with Crippen molar-refractivity contribution < 1.29 is 38.1 Å². The minimum Gasteiger partial charge on any atom is -0.496 e.